The molecular formula is C22H35N3O5. The number of nitrogens with one attached hydrogen (secondary N) is 2. The largest absolute Gasteiger partial charge is 0.451 e. The molecule has 8 heteroatoms. The number of amides is 4. The third kappa shape index (κ3) is 4.32. The van der Waals surface area contributed by atoms with Crippen molar-refractivity contribution < 1.29 is 23.9 Å². The Morgan fingerprint density at radius 1 is 1.17 bits per heavy atom. The maximum Gasteiger partial charge on any atom is 0.327 e. The van der Waals surface area contributed by atoms with E-state index in [1.54, 1.807) is 0 Å². The highest BCUT2D eigenvalue weighted by Crippen LogP contribution is 2.38. The molecule has 2 N–H and O–H groups in total. The molecule has 0 bridgehead atoms. The van der Waals surface area contributed by atoms with Crippen molar-refractivity contribution in [1.82, 2.24) is 15.5 Å². The number of hydrogen-bond acceptors (Lipinski definition) is 5. The van der Waals surface area contributed by atoms with Crippen LogP contribution in [0.2, 0.25) is 0 Å². The second-order valence-corrected chi connectivity index (χ2v) is 9.45. The lowest BCUT2D eigenvalue weighted by molar-refractivity contribution is -0.157. The lowest BCUT2D eigenvalue weighted by Gasteiger charge is -2.36. The van der Waals surface area contributed by atoms with E-state index in [4.69, 9.17) is 4.74 Å². The quantitative estimate of drug-likeness (QED) is 0.524. The molecule has 3 fully saturated rings. The first-order chi connectivity index (χ1) is 14.2. The number of rotatable bonds is 5. The van der Waals surface area contributed by atoms with Crippen LogP contribution in [0.4, 0.5) is 4.79 Å². The minimum Gasteiger partial charge on any atom is -0.451 e. The maximum atomic E-state index is 12.9. The molecule has 4 amide bonds. The molecule has 0 radical (unpaired) electrons. The molecule has 1 saturated heterocycles. The first-order valence-corrected chi connectivity index (χ1v) is 11.3. The standard InChI is InChI=1S/C22H35N3O5/c1-13-8-7-10-17(15(13)3)23-19(27)16(4)30-18(26)12-25-20(28)22(24-21(25)29)11-6-5-9-14(22)2/h13-17H,5-12H2,1-4H3,(H,23,27)(H,24,29)/t13-,14-,15+,16+,17-,22-/m0/s1. The molecule has 1 aliphatic heterocycles. The van der Waals surface area contributed by atoms with Crippen LogP contribution in [0.25, 0.3) is 0 Å². The molecule has 6 atom stereocenters. The number of nitrogens with zero attached hydrogens (tertiary/aromatic N) is 1. The summed E-state index contributed by atoms with van der Waals surface area (Å²) in [6.45, 7) is 7.31. The fourth-order valence-electron chi connectivity index (χ4n) is 5.14. The molecule has 2 saturated carbocycles. The van der Waals surface area contributed by atoms with Crippen LogP contribution in [0.5, 0.6) is 0 Å². The second kappa shape index (κ2) is 8.94. The summed E-state index contributed by atoms with van der Waals surface area (Å²) >= 11 is 0. The summed E-state index contributed by atoms with van der Waals surface area (Å²) in [5.41, 5.74) is -0.910. The lowest BCUT2D eigenvalue weighted by Crippen LogP contribution is -2.54. The van der Waals surface area contributed by atoms with Crippen molar-refractivity contribution in [2.24, 2.45) is 17.8 Å². The summed E-state index contributed by atoms with van der Waals surface area (Å²) in [5.74, 6) is -0.538. The van der Waals surface area contributed by atoms with Gasteiger partial charge in [0, 0.05) is 6.04 Å². The fourth-order valence-corrected chi connectivity index (χ4v) is 5.14. The van der Waals surface area contributed by atoms with Crippen molar-refractivity contribution >= 4 is 23.8 Å². The minimum atomic E-state index is -0.981. The van der Waals surface area contributed by atoms with Crippen molar-refractivity contribution in [3.05, 3.63) is 0 Å². The molecule has 0 aromatic rings. The van der Waals surface area contributed by atoms with Gasteiger partial charge in [-0.15, -0.1) is 0 Å². The number of carbonyl (C=O) groups is 4. The zero-order chi connectivity index (χ0) is 22.1. The number of carbonyl (C=O) groups excluding carboxylic acids is 4. The third-order valence-electron chi connectivity index (χ3n) is 7.50. The Labute approximate surface area is 178 Å². The van der Waals surface area contributed by atoms with Crippen LogP contribution in [0.1, 0.15) is 72.6 Å². The van der Waals surface area contributed by atoms with Gasteiger partial charge in [0.2, 0.25) is 0 Å². The van der Waals surface area contributed by atoms with Gasteiger partial charge in [-0.1, -0.05) is 46.5 Å². The molecule has 8 nitrogen and oxygen atoms in total. The van der Waals surface area contributed by atoms with Gasteiger partial charge in [-0.2, -0.15) is 0 Å². The van der Waals surface area contributed by atoms with Gasteiger partial charge in [-0.05, 0) is 43.9 Å². The summed E-state index contributed by atoms with van der Waals surface area (Å²) in [6, 6.07) is -0.492. The number of esters is 1. The highest BCUT2D eigenvalue weighted by atomic mass is 16.5. The van der Waals surface area contributed by atoms with E-state index in [1.165, 1.54) is 6.92 Å². The van der Waals surface area contributed by atoms with Crippen LogP contribution in [0.3, 0.4) is 0 Å². The van der Waals surface area contributed by atoms with Gasteiger partial charge in [0.1, 0.15) is 12.1 Å². The monoisotopic (exact) mass is 421 g/mol. The number of imide groups is 1. The highest BCUT2D eigenvalue weighted by Gasteiger charge is 2.55. The Balaban J connectivity index is 1.54. The molecule has 1 heterocycles. The van der Waals surface area contributed by atoms with E-state index in [1.807, 2.05) is 6.92 Å². The Hall–Kier alpha value is -2.12. The predicted octanol–water partition coefficient (Wildman–Crippen LogP) is 2.36. The van der Waals surface area contributed by atoms with Crippen LogP contribution in [-0.4, -0.2) is 52.9 Å². The molecule has 2 aliphatic carbocycles. The number of urea groups is 1. The zero-order valence-electron chi connectivity index (χ0n) is 18.5. The van der Waals surface area contributed by atoms with E-state index >= 15 is 0 Å². The van der Waals surface area contributed by atoms with E-state index in [-0.39, 0.29) is 23.8 Å². The number of ether oxygens (including phenoxy) is 1. The average Bonchev–Trinajstić information content (AvgIpc) is 2.92. The topological polar surface area (TPSA) is 105 Å². The molecule has 3 rings (SSSR count). The van der Waals surface area contributed by atoms with Gasteiger partial charge in [0.05, 0.1) is 0 Å². The van der Waals surface area contributed by atoms with E-state index < -0.39 is 30.2 Å². The minimum absolute atomic E-state index is 0.0216. The van der Waals surface area contributed by atoms with E-state index in [0.717, 1.165) is 43.4 Å². The van der Waals surface area contributed by atoms with Gasteiger partial charge in [0.25, 0.3) is 11.8 Å². The molecule has 168 valence electrons. The van der Waals surface area contributed by atoms with Crippen molar-refractivity contribution in [3.8, 4) is 0 Å². The van der Waals surface area contributed by atoms with Gasteiger partial charge < -0.3 is 15.4 Å². The van der Waals surface area contributed by atoms with E-state index in [9.17, 15) is 19.2 Å². The Kier molecular flexibility index (Phi) is 6.72. The summed E-state index contributed by atoms with van der Waals surface area (Å²) in [4.78, 5) is 51.2. The van der Waals surface area contributed by atoms with Crippen LogP contribution in [-0.2, 0) is 19.1 Å². The van der Waals surface area contributed by atoms with Crippen LogP contribution < -0.4 is 10.6 Å². The summed E-state index contributed by atoms with van der Waals surface area (Å²) < 4.78 is 5.25. The predicted molar refractivity (Wildman–Crippen MR) is 110 cm³/mol. The molecule has 0 aromatic heterocycles. The average molecular weight is 422 g/mol. The zero-order valence-corrected chi connectivity index (χ0v) is 18.5. The molecule has 1 spiro atoms. The Bertz CT molecular complexity index is 711. The highest BCUT2D eigenvalue weighted by molar-refractivity contribution is 6.09. The molecule has 3 aliphatic rings. The Morgan fingerprint density at radius 3 is 2.60 bits per heavy atom. The summed E-state index contributed by atoms with van der Waals surface area (Å²) in [5, 5.41) is 5.81. The fraction of sp³-hybridized carbons (Fsp3) is 0.818. The Morgan fingerprint density at radius 2 is 1.90 bits per heavy atom. The summed E-state index contributed by atoms with van der Waals surface area (Å²) in [7, 11) is 0. The molecule has 0 aromatic carbocycles. The van der Waals surface area contributed by atoms with Crippen molar-refractivity contribution in [1.29, 1.82) is 0 Å². The normalized spacial score (nSPS) is 35.1. The lowest BCUT2D eigenvalue weighted by atomic mass is 9.73. The van der Waals surface area contributed by atoms with Crippen LogP contribution in [0.15, 0.2) is 0 Å². The van der Waals surface area contributed by atoms with Crippen LogP contribution in [0, 0.1) is 17.8 Å². The molecular weight excluding hydrogens is 386 g/mol. The van der Waals surface area contributed by atoms with Gasteiger partial charge in [-0.3, -0.25) is 19.3 Å². The SMILES string of the molecule is C[C@H]1[C@@H](NC(=O)[C@@H](C)OC(=O)CN2C(=O)N[C@]3(CCCC[C@@H]3C)C2=O)CCC[C@@H]1C. The first kappa shape index (κ1) is 22.6. The third-order valence-corrected chi connectivity index (χ3v) is 7.50. The van der Waals surface area contributed by atoms with Gasteiger partial charge >= 0.3 is 12.0 Å². The van der Waals surface area contributed by atoms with Crippen molar-refractivity contribution in [2.45, 2.75) is 90.3 Å². The molecule has 30 heavy (non-hydrogen) atoms. The van der Waals surface area contributed by atoms with E-state index in [2.05, 4.69) is 24.5 Å². The van der Waals surface area contributed by atoms with Crippen molar-refractivity contribution in [3.63, 3.8) is 0 Å². The smallest absolute Gasteiger partial charge is 0.327 e. The van der Waals surface area contributed by atoms with Gasteiger partial charge in [-0.25, -0.2) is 4.79 Å². The van der Waals surface area contributed by atoms with Crippen molar-refractivity contribution in [2.75, 3.05) is 6.54 Å². The summed E-state index contributed by atoms with van der Waals surface area (Å²) in [6.07, 6.45) is 5.50. The number of hydrogen-bond donors (Lipinski definition) is 2. The van der Waals surface area contributed by atoms with E-state index in [0.29, 0.717) is 18.3 Å². The van der Waals surface area contributed by atoms with Crippen LogP contribution >= 0.6 is 0 Å². The van der Waals surface area contributed by atoms with Gasteiger partial charge in [0.15, 0.2) is 6.10 Å². The molecule has 0 unspecified atom stereocenters. The maximum absolute atomic E-state index is 12.9. The first-order valence-electron chi connectivity index (χ1n) is 11.3. The second-order valence-electron chi connectivity index (χ2n) is 9.45.